The number of hydrogen-bond acceptors (Lipinski definition) is 3. The van der Waals surface area contributed by atoms with Gasteiger partial charge in [0.15, 0.2) is 0 Å². The van der Waals surface area contributed by atoms with Crippen molar-refractivity contribution >= 4 is 46.2 Å². The van der Waals surface area contributed by atoms with E-state index in [9.17, 15) is 0 Å². The third-order valence-corrected chi connectivity index (χ3v) is 6.50. The van der Waals surface area contributed by atoms with Crippen LogP contribution in [0.15, 0.2) is 95.3 Å². The Morgan fingerprint density at radius 1 is 0.939 bits per heavy atom. The lowest BCUT2D eigenvalue weighted by molar-refractivity contribution is 0.975. The second-order valence-corrected chi connectivity index (χ2v) is 9.18. The van der Waals surface area contributed by atoms with Crippen molar-refractivity contribution in [3.8, 4) is 11.8 Å². The molecular formula is C29H21ClN2S. The molecule has 0 saturated heterocycles. The van der Waals surface area contributed by atoms with Gasteiger partial charge in [-0.3, -0.25) is 0 Å². The van der Waals surface area contributed by atoms with Crippen molar-refractivity contribution in [2.75, 3.05) is 4.90 Å². The summed E-state index contributed by atoms with van der Waals surface area (Å²) in [5.74, 6) is 7.43. The summed E-state index contributed by atoms with van der Waals surface area (Å²) in [5.41, 5.74) is 6.61. The summed E-state index contributed by atoms with van der Waals surface area (Å²) in [4.78, 5) is 8.31. The fourth-order valence-electron chi connectivity index (χ4n) is 3.79. The number of aryl methyl sites for hydroxylation is 1. The van der Waals surface area contributed by atoms with E-state index in [-0.39, 0.29) is 0 Å². The quantitative estimate of drug-likeness (QED) is 0.281. The van der Waals surface area contributed by atoms with E-state index >= 15 is 0 Å². The molecule has 0 radical (unpaired) electrons. The number of halogens is 1. The summed E-state index contributed by atoms with van der Waals surface area (Å²) >= 11 is 7.69. The van der Waals surface area contributed by atoms with Crippen LogP contribution in [0.3, 0.4) is 0 Å². The molecule has 0 aliphatic carbocycles. The first-order valence-electron chi connectivity index (χ1n) is 10.7. The van der Waals surface area contributed by atoms with Crippen LogP contribution in [0.1, 0.15) is 27.1 Å². The fraction of sp³-hybridized carbons (Fsp3) is 0.0690. The smallest absolute Gasteiger partial charge is 0.133 e. The van der Waals surface area contributed by atoms with Gasteiger partial charge in [-0.05, 0) is 77.5 Å². The fourth-order valence-corrected chi connectivity index (χ4v) is 4.49. The molecule has 0 spiro atoms. The van der Waals surface area contributed by atoms with E-state index in [1.807, 2.05) is 47.8 Å². The molecule has 0 bridgehead atoms. The van der Waals surface area contributed by atoms with Crippen LogP contribution < -0.4 is 4.90 Å². The van der Waals surface area contributed by atoms with E-state index < -0.39 is 0 Å². The number of para-hydroxylation sites is 1. The first kappa shape index (κ1) is 21.3. The lowest BCUT2D eigenvalue weighted by Crippen LogP contribution is -2.31. The van der Waals surface area contributed by atoms with E-state index in [4.69, 9.17) is 16.6 Å². The Hall–Kier alpha value is -3.58. The second-order valence-electron chi connectivity index (χ2n) is 7.80. The molecule has 0 fully saturated rings. The molecule has 33 heavy (non-hydrogen) atoms. The molecule has 2 heterocycles. The monoisotopic (exact) mass is 464 g/mol. The number of anilines is 1. The molecule has 4 heteroatoms. The van der Waals surface area contributed by atoms with Gasteiger partial charge in [-0.25, -0.2) is 4.99 Å². The molecule has 0 unspecified atom stereocenters. The Balaban J connectivity index is 1.49. The van der Waals surface area contributed by atoms with E-state index in [0.29, 0.717) is 0 Å². The molecule has 1 aromatic heterocycles. The van der Waals surface area contributed by atoms with Gasteiger partial charge in [0, 0.05) is 16.3 Å². The number of fused-ring (bicyclic) bond motifs is 1. The van der Waals surface area contributed by atoms with E-state index in [1.54, 1.807) is 11.3 Å². The maximum atomic E-state index is 6.04. The molecule has 2 nitrogen and oxygen atoms in total. The Bertz CT molecular complexity index is 1400. The lowest BCUT2D eigenvalue weighted by atomic mass is 10.1. The van der Waals surface area contributed by atoms with Crippen molar-refractivity contribution in [2.45, 2.75) is 13.5 Å². The minimum Gasteiger partial charge on any atom is -0.322 e. The van der Waals surface area contributed by atoms with Crippen molar-refractivity contribution in [3.63, 3.8) is 0 Å². The van der Waals surface area contributed by atoms with Crippen LogP contribution in [-0.4, -0.2) is 5.84 Å². The van der Waals surface area contributed by atoms with Gasteiger partial charge in [0.2, 0.25) is 0 Å². The lowest BCUT2D eigenvalue weighted by Gasteiger charge is -2.30. The van der Waals surface area contributed by atoms with Gasteiger partial charge in [0.25, 0.3) is 0 Å². The predicted molar refractivity (Wildman–Crippen MR) is 142 cm³/mol. The largest absolute Gasteiger partial charge is 0.322 e. The standard InChI is InChI=1S/C29H21ClN2S/c1-21-19-23(10-15-26-6-4-18-33-26)11-16-28(21)32-20-24-5-2-3-7-27(24)31-29(32)17-12-22-8-13-25(30)14-9-22/h2-9,11-14,16-19H,20H2,1H3/b17-12+. The van der Waals surface area contributed by atoms with Gasteiger partial charge in [0.1, 0.15) is 5.84 Å². The zero-order chi connectivity index (χ0) is 22.6. The highest BCUT2D eigenvalue weighted by atomic mass is 35.5. The molecule has 3 aromatic carbocycles. The number of rotatable bonds is 3. The number of hydrogen-bond donors (Lipinski definition) is 0. The summed E-state index contributed by atoms with van der Waals surface area (Å²) in [6, 6.07) is 26.6. The van der Waals surface area contributed by atoms with Crippen molar-refractivity contribution in [1.29, 1.82) is 0 Å². The van der Waals surface area contributed by atoms with Gasteiger partial charge in [-0.1, -0.05) is 65.9 Å². The van der Waals surface area contributed by atoms with Gasteiger partial charge in [-0.15, -0.1) is 11.3 Å². The van der Waals surface area contributed by atoms with E-state index in [2.05, 4.69) is 72.2 Å². The van der Waals surface area contributed by atoms with Gasteiger partial charge < -0.3 is 4.90 Å². The molecule has 0 atom stereocenters. The average molecular weight is 465 g/mol. The first-order chi connectivity index (χ1) is 16.2. The number of benzene rings is 3. The maximum Gasteiger partial charge on any atom is 0.133 e. The summed E-state index contributed by atoms with van der Waals surface area (Å²) in [5, 5.41) is 2.78. The van der Waals surface area contributed by atoms with Crippen LogP contribution in [0, 0.1) is 18.8 Å². The molecule has 4 aromatic rings. The summed E-state index contributed by atoms with van der Waals surface area (Å²) in [7, 11) is 0. The Morgan fingerprint density at radius 3 is 2.58 bits per heavy atom. The number of aliphatic imine (C=N–C) groups is 1. The zero-order valence-electron chi connectivity index (χ0n) is 18.1. The van der Waals surface area contributed by atoms with E-state index in [0.717, 1.165) is 44.8 Å². The van der Waals surface area contributed by atoms with Crippen molar-refractivity contribution < 1.29 is 0 Å². The topological polar surface area (TPSA) is 15.6 Å². The molecule has 0 amide bonds. The van der Waals surface area contributed by atoms with Crippen LogP contribution in [0.2, 0.25) is 5.02 Å². The molecule has 0 saturated carbocycles. The SMILES string of the molecule is Cc1cc(C#Cc2cccs2)ccc1N1Cc2ccccc2N=C1/C=C/c1ccc(Cl)cc1. The van der Waals surface area contributed by atoms with Crippen molar-refractivity contribution in [2.24, 2.45) is 4.99 Å². The highest BCUT2D eigenvalue weighted by Gasteiger charge is 2.20. The summed E-state index contributed by atoms with van der Waals surface area (Å²) < 4.78 is 0. The van der Waals surface area contributed by atoms with Crippen LogP contribution in [0.5, 0.6) is 0 Å². The van der Waals surface area contributed by atoms with Crippen molar-refractivity contribution in [3.05, 3.63) is 122 Å². The highest BCUT2D eigenvalue weighted by Crippen LogP contribution is 2.32. The van der Waals surface area contributed by atoms with Crippen LogP contribution in [0.25, 0.3) is 6.08 Å². The van der Waals surface area contributed by atoms with E-state index in [1.165, 1.54) is 11.1 Å². The molecule has 5 rings (SSSR count). The van der Waals surface area contributed by atoms with Crippen LogP contribution in [0.4, 0.5) is 11.4 Å². The number of amidine groups is 1. The molecule has 1 aliphatic rings. The average Bonchev–Trinajstić information content (AvgIpc) is 3.36. The molecular weight excluding hydrogens is 444 g/mol. The van der Waals surface area contributed by atoms with Crippen molar-refractivity contribution in [1.82, 2.24) is 0 Å². The van der Waals surface area contributed by atoms with Crippen LogP contribution >= 0.6 is 22.9 Å². The highest BCUT2D eigenvalue weighted by molar-refractivity contribution is 7.10. The van der Waals surface area contributed by atoms with Gasteiger partial charge >= 0.3 is 0 Å². The maximum absolute atomic E-state index is 6.04. The molecule has 0 N–H and O–H groups in total. The third-order valence-electron chi connectivity index (χ3n) is 5.47. The third kappa shape index (κ3) is 4.93. The minimum atomic E-state index is 0.732. The molecule has 1 aliphatic heterocycles. The second kappa shape index (κ2) is 9.50. The van der Waals surface area contributed by atoms with Gasteiger partial charge in [0.05, 0.1) is 17.1 Å². The summed E-state index contributed by atoms with van der Waals surface area (Å²) in [6.45, 7) is 2.90. The minimum absolute atomic E-state index is 0.732. The molecule has 160 valence electrons. The number of thiophene rings is 1. The Kier molecular flexibility index (Phi) is 6.13. The predicted octanol–water partition coefficient (Wildman–Crippen LogP) is 7.87. The van der Waals surface area contributed by atoms with Crippen LogP contribution in [-0.2, 0) is 6.54 Å². The normalized spacial score (nSPS) is 12.8. The van der Waals surface area contributed by atoms with Gasteiger partial charge in [-0.2, -0.15) is 0 Å². The Morgan fingerprint density at radius 2 is 1.79 bits per heavy atom. The Labute approximate surface area is 203 Å². The number of nitrogens with zero attached hydrogens (tertiary/aromatic N) is 2. The zero-order valence-corrected chi connectivity index (χ0v) is 19.7. The first-order valence-corrected chi connectivity index (χ1v) is 12.0. The summed E-state index contributed by atoms with van der Waals surface area (Å²) in [6.07, 6.45) is 4.15.